The molecule has 1 aliphatic rings. The summed E-state index contributed by atoms with van der Waals surface area (Å²) in [5, 5.41) is 14.9. The molecule has 5 nitrogen and oxygen atoms in total. The Morgan fingerprint density at radius 2 is 2.20 bits per heavy atom. The Labute approximate surface area is 124 Å². The zero-order valence-corrected chi connectivity index (χ0v) is 13.2. The fraction of sp³-hybridized carbons (Fsp3) is 0.714. The van der Waals surface area contributed by atoms with Crippen molar-refractivity contribution in [2.24, 2.45) is 7.05 Å². The smallest absolute Gasteiger partial charge is 0.227 e. The predicted molar refractivity (Wildman–Crippen MR) is 77.7 cm³/mol. The van der Waals surface area contributed by atoms with Gasteiger partial charge in [-0.05, 0) is 33.6 Å². The van der Waals surface area contributed by atoms with Crippen LogP contribution in [0.2, 0.25) is 5.15 Å². The highest BCUT2D eigenvalue weighted by Crippen LogP contribution is 2.28. The van der Waals surface area contributed by atoms with E-state index in [9.17, 15) is 9.90 Å². The lowest BCUT2D eigenvalue weighted by Crippen LogP contribution is -2.48. The van der Waals surface area contributed by atoms with Crippen molar-refractivity contribution in [3.05, 3.63) is 16.4 Å². The van der Waals surface area contributed by atoms with Gasteiger partial charge in [-0.2, -0.15) is 5.10 Å². The first-order valence-electron chi connectivity index (χ1n) is 6.91. The van der Waals surface area contributed by atoms with Gasteiger partial charge in [0.2, 0.25) is 5.91 Å². The van der Waals surface area contributed by atoms with Gasteiger partial charge in [0.15, 0.2) is 0 Å². The van der Waals surface area contributed by atoms with Crippen molar-refractivity contribution in [3.8, 4) is 0 Å². The van der Waals surface area contributed by atoms with Crippen molar-refractivity contribution in [3.63, 3.8) is 0 Å². The van der Waals surface area contributed by atoms with Crippen LogP contribution in [-0.2, 0) is 18.3 Å². The number of hydrogen-bond acceptors (Lipinski definition) is 3. The van der Waals surface area contributed by atoms with Crippen LogP contribution in [0.1, 0.15) is 37.9 Å². The van der Waals surface area contributed by atoms with Gasteiger partial charge in [0, 0.05) is 19.2 Å². The standard InChI is InChI=1S/C14H22ClN3O2/c1-9-10(13(15)17(4)16-9)8-12(19)18-7-5-6-11(18)14(2,3)20/h11,20H,5-8H2,1-4H3. The van der Waals surface area contributed by atoms with Crippen LogP contribution < -0.4 is 0 Å². The number of nitrogens with zero attached hydrogens (tertiary/aromatic N) is 3. The highest BCUT2D eigenvalue weighted by Gasteiger charge is 2.38. The zero-order valence-electron chi connectivity index (χ0n) is 12.5. The number of aromatic nitrogens is 2. The number of hydrogen-bond donors (Lipinski definition) is 1. The Hall–Kier alpha value is -1.07. The Kier molecular flexibility index (Phi) is 4.12. The molecule has 1 aromatic rings. The van der Waals surface area contributed by atoms with Gasteiger partial charge in [-0.25, -0.2) is 0 Å². The Morgan fingerprint density at radius 1 is 1.55 bits per heavy atom. The number of amides is 1. The minimum atomic E-state index is -0.875. The predicted octanol–water partition coefficient (Wildman–Crippen LogP) is 1.69. The SMILES string of the molecule is Cc1nn(C)c(Cl)c1CC(=O)N1CCCC1C(C)(C)O. The number of rotatable bonds is 3. The van der Waals surface area contributed by atoms with E-state index in [-0.39, 0.29) is 18.4 Å². The second-order valence-corrected chi connectivity index (χ2v) is 6.41. The summed E-state index contributed by atoms with van der Waals surface area (Å²) in [6.07, 6.45) is 2.01. The normalized spacial score (nSPS) is 19.7. The first kappa shape index (κ1) is 15.3. The monoisotopic (exact) mass is 299 g/mol. The Bertz CT molecular complexity index is 519. The van der Waals surface area contributed by atoms with E-state index in [0.29, 0.717) is 11.7 Å². The average molecular weight is 300 g/mol. The molecule has 1 atom stereocenters. The maximum absolute atomic E-state index is 12.5. The summed E-state index contributed by atoms with van der Waals surface area (Å²) in [6, 6.07) is -0.120. The second-order valence-electron chi connectivity index (χ2n) is 6.05. The van der Waals surface area contributed by atoms with Crippen molar-refractivity contribution in [2.75, 3.05) is 6.54 Å². The first-order chi connectivity index (χ1) is 9.21. The van der Waals surface area contributed by atoms with Gasteiger partial charge in [-0.1, -0.05) is 11.6 Å². The molecule has 1 amide bonds. The van der Waals surface area contributed by atoms with Crippen LogP contribution in [0, 0.1) is 6.92 Å². The lowest BCUT2D eigenvalue weighted by molar-refractivity contribution is -0.135. The molecule has 0 bridgehead atoms. The van der Waals surface area contributed by atoms with Gasteiger partial charge >= 0.3 is 0 Å². The molecule has 1 aliphatic heterocycles. The third-order valence-electron chi connectivity index (χ3n) is 3.99. The van der Waals surface area contributed by atoms with E-state index in [1.54, 1.807) is 30.5 Å². The molecule has 1 unspecified atom stereocenters. The molecule has 112 valence electrons. The van der Waals surface area contributed by atoms with Crippen LogP contribution in [0.15, 0.2) is 0 Å². The van der Waals surface area contributed by atoms with Crippen LogP contribution in [0.5, 0.6) is 0 Å². The van der Waals surface area contributed by atoms with E-state index in [2.05, 4.69) is 5.10 Å². The molecule has 0 spiro atoms. The fourth-order valence-corrected chi connectivity index (χ4v) is 3.17. The summed E-state index contributed by atoms with van der Waals surface area (Å²) in [5.41, 5.74) is 0.686. The van der Waals surface area contributed by atoms with E-state index in [4.69, 9.17) is 11.6 Å². The molecule has 1 N–H and O–H groups in total. The van der Waals surface area contributed by atoms with E-state index < -0.39 is 5.60 Å². The Morgan fingerprint density at radius 3 is 2.70 bits per heavy atom. The highest BCUT2D eigenvalue weighted by atomic mass is 35.5. The van der Waals surface area contributed by atoms with Crippen molar-refractivity contribution < 1.29 is 9.90 Å². The molecule has 0 radical (unpaired) electrons. The molecule has 2 heterocycles. The van der Waals surface area contributed by atoms with Crippen LogP contribution in [0.4, 0.5) is 0 Å². The van der Waals surface area contributed by atoms with Gasteiger partial charge in [0.05, 0.1) is 23.8 Å². The molecule has 20 heavy (non-hydrogen) atoms. The molecule has 0 aromatic carbocycles. The lowest BCUT2D eigenvalue weighted by atomic mass is 9.96. The van der Waals surface area contributed by atoms with E-state index in [0.717, 1.165) is 24.1 Å². The topological polar surface area (TPSA) is 58.4 Å². The molecular formula is C14H22ClN3O2. The van der Waals surface area contributed by atoms with Crippen LogP contribution in [0.3, 0.4) is 0 Å². The quantitative estimate of drug-likeness (QED) is 0.924. The largest absolute Gasteiger partial charge is 0.388 e. The van der Waals surface area contributed by atoms with E-state index in [1.807, 2.05) is 6.92 Å². The fourth-order valence-electron chi connectivity index (χ4n) is 2.93. The van der Waals surface area contributed by atoms with Crippen molar-refractivity contribution >= 4 is 17.5 Å². The van der Waals surface area contributed by atoms with E-state index in [1.165, 1.54) is 0 Å². The molecule has 6 heteroatoms. The van der Waals surface area contributed by atoms with Gasteiger partial charge in [-0.3, -0.25) is 9.48 Å². The van der Waals surface area contributed by atoms with Crippen molar-refractivity contribution in [1.29, 1.82) is 0 Å². The summed E-state index contributed by atoms with van der Waals surface area (Å²) >= 11 is 6.17. The van der Waals surface area contributed by atoms with E-state index >= 15 is 0 Å². The van der Waals surface area contributed by atoms with Gasteiger partial charge in [0.1, 0.15) is 5.15 Å². The maximum Gasteiger partial charge on any atom is 0.227 e. The maximum atomic E-state index is 12.5. The molecule has 2 rings (SSSR count). The number of aryl methyl sites for hydroxylation is 2. The molecule has 0 saturated carbocycles. The summed E-state index contributed by atoms with van der Waals surface area (Å²) in [4.78, 5) is 14.3. The third-order valence-corrected chi connectivity index (χ3v) is 4.46. The number of halogens is 1. The van der Waals surface area contributed by atoms with Crippen molar-refractivity contribution in [1.82, 2.24) is 14.7 Å². The minimum absolute atomic E-state index is 0.00706. The summed E-state index contributed by atoms with van der Waals surface area (Å²) in [6.45, 7) is 6.06. The second kappa shape index (κ2) is 5.37. The van der Waals surface area contributed by atoms with Gasteiger partial charge < -0.3 is 10.0 Å². The molecule has 0 aliphatic carbocycles. The van der Waals surface area contributed by atoms with Crippen molar-refractivity contribution in [2.45, 2.75) is 51.7 Å². The number of likely N-dealkylation sites (tertiary alicyclic amines) is 1. The third kappa shape index (κ3) is 2.83. The number of carbonyl (C=O) groups excluding carboxylic acids is 1. The zero-order chi connectivity index (χ0) is 15.1. The van der Waals surface area contributed by atoms with Crippen LogP contribution in [-0.4, -0.2) is 43.9 Å². The highest BCUT2D eigenvalue weighted by molar-refractivity contribution is 6.30. The molecular weight excluding hydrogens is 278 g/mol. The Balaban J connectivity index is 2.16. The lowest BCUT2D eigenvalue weighted by Gasteiger charge is -2.33. The molecule has 1 fully saturated rings. The molecule has 1 saturated heterocycles. The van der Waals surface area contributed by atoms with Gasteiger partial charge in [0.25, 0.3) is 0 Å². The summed E-state index contributed by atoms with van der Waals surface area (Å²) in [5.74, 6) is 0.00706. The van der Waals surface area contributed by atoms with Gasteiger partial charge in [-0.15, -0.1) is 0 Å². The average Bonchev–Trinajstić information content (AvgIpc) is 2.90. The minimum Gasteiger partial charge on any atom is -0.388 e. The van der Waals surface area contributed by atoms with Crippen LogP contribution in [0.25, 0.3) is 0 Å². The molecule has 1 aromatic heterocycles. The van der Waals surface area contributed by atoms with Crippen LogP contribution >= 0.6 is 11.6 Å². The first-order valence-corrected chi connectivity index (χ1v) is 7.29. The summed E-state index contributed by atoms with van der Waals surface area (Å²) in [7, 11) is 1.76. The number of carbonyl (C=O) groups is 1. The number of aliphatic hydroxyl groups is 1. The summed E-state index contributed by atoms with van der Waals surface area (Å²) < 4.78 is 1.58.